The Morgan fingerprint density at radius 1 is 1.21 bits per heavy atom. The SMILES string of the molecule is C=C(C)OC(=O)N[C@H]1CCN(c2ccc3c(c2)CCC3NC(=O)C(F)(F)F)C1=O. The molecule has 29 heavy (non-hydrogen) atoms. The fraction of sp³-hybridized carbons (Fsp3) is 0.421. The highest BCUT2D eigenvalue weighted by molar-refractivity contribution is 6.01. The van der Waals surface area contributed by atoms with Crippen LogP contribution in [-0.2, 0) is 20.7 Å². The second-order valence-corrected chi connectivity index (χ2v) is 7.01. The van der Waals surface area contributed by atoms with Gasteiger partial charge in [0.25, 0.3) is 0 Å². The highest BCUT2D eigenvalue weighted by Crippen LogP contribution is 2.35. The van der Waals surface area contributed by atoms with Gasteiger partial charge in [0.05, 0.1) is 11.8 Å². The van der Waals surface area contributed by atoms with Crippen LogP contribution in [-0.4, -0.2) is 36.7 Å². The minimum Gasteiger partial charge on any atom is -0.416 e. The van der Waals surface area contributed by atoms with Gasteiger partial charge < -0.3 is 20.3 Å². The van der Waals surface area contributed by atoms with Crippen molar-refractivity contribution in [3.8, 4) is 0 Å². The summed E-state index contributed by atoms with van der Waals surface area (Å²) in [6.45, 7) is 5.34. The maximum absolute atomic E-state index is 12.6. The molecule has 1 fully saturated rings. The van der Waals surface area contributed by atoms with Crippen molar-refractivity contribution in [1.29, 1.82) is 0 Å². The average molecular weight is 411 g/mol. The van der Waals surface area contributed by atoms with E-state index in [0.717, 1.165) is 5.56 Å². The molecule has 0 aromatic heterocycles. The van der Waals surface area contributed by atoms with Crippen molar-refractivity contribution < 1.29 is 32.3 Å². The van der Waals surface area contributed by atoms with E-state index in [-0.39, 0.29) is 11.7 Å². The van der Waals surface area contributed by atoms with Gasteiger partial charge in [-0.05, 0) is 49.4 Å². The summed E-state index contributed by atoms with van der Waals surface area (Å²) in [6, 6.07) is 3.55. The van der Waals surface area contributed by atoms with E-state index < -0.39 is 30.3 Å². The Morgan fingerprint density at radius 2 is 1.93 bits per heavy atom. The molecule has 0 saturated carbocycles. The summed E-state index contributed by atoms with van der Waals surface area (Å²) in [6.07, 6.45) is -4.45. The zero-order chi connectivity index (χ0) is 21.3. The molecule has 1 aliphatic carbocycles. The Hall–Kier alpha value is -3.04. The number of rotatable bonds is 4. The smallest absolute Gasteiger partial charge is 0.416 e. The minimum absolute atomic E-state index is 0.204. The van der Waals surface area contributed by atoms with Crippen molar-refractivity contribution in [1.82, 2.24) is 10.6 Å². The number of nitrogens with zero attached hydrogens (tertiary/aromatic N) is 1. The maximum atomic E-state index is 12.6. The molecule has 1 aromatic carbocycles. The van der Waals surface area contributed by atoms with Gasteiger partial charge in [0.15, 0.2) is 0 Å². The molecule has 2 atom stereocenters. The normalized spacial score (nSPS) is 21.0. The van der Waals surface area contributed by atoms with Crippen molar-refractivity contribution >= 4 is 23.6 Å². The fourth-order valence-corrected chi connectivity index (χ4v) is 3.56. The highest BCUT2D eigenvalue weighted by Gasteiger charge is 2.41. The van der Waals surface area contributed by atoms with Crippen LogP contribution in [0.2, 0.25) is 0 Å². The second kappa shape index (κ2) is 7.76. The standard InChI is InChI=1S/C19H20F3N3O4/c1-10(2)29-18(28)24-15-7-8-25(16(15)26)12-4-5-13-11(9-12)3-6-14(13)23-17(27)19(20,21)22/h4-5,9,14-15H,1,3,6-8H2,2H3,(H,23,27)(H,24,28)/t14?,15-/m0/s1. The predicted molar refractivity (Wildman–Crippen MR) is 96.9 cm³/mol. The first-order valence-electron chi connectivity index (χ1n) is 9.02. The Balaban J connectivity index is 1.68. The summed E-state index contributed by atoms with van der Waals surface area (Å²) in [5.41, 5.74) is 1.98. The second-order valence-electron chi connectivity index (χ2n) is 7.01. The first-order chi connectivity index (χ1) is 13.6. The molecule has 1 heterocycles. The number of hydrogen-bond acceptors (Lipinski definition) is 4. The van der Waals surface area contributed by atoms with Crippen LogP contribution in [0.25, 0.3) is 0 Å². The van der Waals surface area contributed by atoms with Gasteiger partial charge in [0.1, 0.15) is 6.04 Å². The lowest BCUT2D eigenvalue weighted by molar-refractivity contribution is -0.174. The summed E-state index contributed by atoms with van der Waals surface area (Å²) in [5.74, 6) is -2.07. The van der Waals surface area contributed by atoms with Gasteiger partial charge in [-0.1, -0.05) is 12.6 Å². The predicted octanol–water partition coefficient (Wildman–Crippen LogP) is 2.72. The van der Waals surface area contributed by atoms with E-state index in [0.29, 0.717) is 37.1 Å². The van der Waals surface area contributed by atoms with Crippen molar-refractivity contribution in [2.45, 2.75) is 44.4 Å². The fourth-order valence-electron chi connectivity index (χ4n) is 3.56. The number of anilines is 1. The van der Waals surface area contributed by atoms with Crippen LogP contribution in [0.15, 0.2) is 30.5 Å². The minimum atomic E-state index is -4.93. The number of hydrogen-bond donors (Lipinski definition) is 2. The zero-order valence-electron chi connectivity index (χ0n) is 15.6. The molecule has 3 amide bonds. The van der Waals surface area contributed by atoms with E-state index in [2.05, 4.69) is 11.9 Å². The number of nitrogens with one attached hydrogen (secondary N) is 2. The Labute approximate surface area is 164 Å². The lowest BCUT2D eigenvalue weighted by atomic mass is 10.1. The van der Waals surface area contributed by atoms with Gasteiger partial charge in [-0.3, -0.25) is 9.59 Å². The summed E-state index contributed by atoms with van der Waals surface area (Å²) in [4.78, 5) is 37.0. The van der Waals surface area contributed by atoms with Gasteiger partial charge >= 0.3 is 18.2 Å². The van der Waals surface area contributed by atoms with Crippen LogP contribution in [0, 0.1) is 0 Å². The molecule has 0 spiro atoms. The number of halogens is 3. The number of carbonyl (C=O) groups is 3. The first kappa shape index (κ1) is 20.7. The van der Waals surface area contributed by atoms with Gasteiger partial charge in [0, 0.05) is 12.2 Å². The number of aryl methyl sites for hydroxylation is 1. The van der Waals surface area contributed by atoms with Crippen LogP contribution in [0.4, 0.5) is 23.7 Å². The molecule has 1 unspecified atom stereocenters. The molecule has 0 radical (unpaired) electrons. The van der Waals surface area contributed by atoms with Gasteiger partial charge in [-0.2, -0.15) is 13.2 Å². The molecule has 2 aliphatic rings. The topological polar surface area (TPSA) is 87.7 Å². The number of alkyl carbamates (subject to hydrolysis) is 1. The van der Waals surface area contributed by atoms with Crippen LogP contribution < -0.4 is 15.5 Å². The number of ether oxygens (including phenoxy) is 1. The number of alkyl halides is 3. The summed E-state index contributed by atoms with van der Waals surface area (Å²) in [7, 11) is 0. The van der Waals surface area contributed by atoms with E-state index in [1.165, 1.54) is 11.8 Å². The number of fused-ring (bicyclic) bond motifs is 1. The Bertz CT molecular complexity index is 869. The molecule has 0 bridgehead atoms. The summed E-state index contributed by atoms with van der Waals surface area (Å²) >= 11 is 0. The van der Waals surface area contributed by atoms with E-state index in [4.69, 9.17) is 4.74 Å². The van der Waals surface area contributed by atoms with Gasteiger partial charge in [0.2, 0.25) is 5.91 Å². The van der Waals surface area contributed by atoms with Crippen LogP contribution in [0.3, 0.4) is 0 Å². The van der Waals surface area contributed by atoms with Crippen molar-refractivity contribution in [2.75, 3.05) is 11.4 Å². The maximum Gasteiger partial charge on any atom is 0.471 e. The number of benzene rings is 1. The van der Waals surface area contributed by atoms with E-state index in [1.54, 1.807) is 18.2 Å². The third-order valence-corrected chi connectivity index (χ3v) is 4.84. The van der Waals surface area contributed by atoms with Crippen LogP contribution >= 0.6 is 0 Å². The van der Waals surface area contributed by atoms with Crippen molar-refractivity contribution in [3.05, 3.63) is 41.7 Å². The molecule has 156 valence electrons. The lowest BCUT2D eigenvalue weighted by Gasteiger charge is -2.19. The van der Waals surface area contributed by atoms with Gasteiger partial charge in [-0.25, -0.2) is 4.79 Å². The Morgan fingerprint density at radius 3 is 2.59 bits per heavy atom. The lowest BCUT2D eigenvalue weighted by Crippen LogP contribution is -2.41. The van der Waals surface area contributed by atoms with E-state index >= 15 is 0 Å². The largest absolute Gasteiger partial charge is 0.471 e. The molecule has 3 rings (SSSR count). The molecule has 2 N–H and O–H groups in total. The molecule has 10 heteroatoms. The molecule has 1 aromatic rings. The third-order valence-electron chi connectivity index (χ3n) is 4.84. The summed E-state index contributed by atoms with van der Waals surface area (Å²) < 4.78 is 42.3. The number of amides is 3. The molecular formula is C19H20F3N3O4. The quantitative estimate of drug-likeness (QED) is 0.746. The van der Waals surface area contributed by atoms with Gasteiger partial charge in [-0.15, -0.1) is 0 Å². The number of allylic oxidation sites excluding steroid dienone is 1. The van der Waals surface area contributed by atoms with E-state index in [9.17, 15) is 27.6 Å². The van der Waals surface area contributed by atoms with Crippen molar-refractivity contribution in [2.24, 2.45) is 0 Å². The summed E-state index contributed by atoms with van der Waals surface area (Å²) in [5, 5.41) is 4.49. The first-order valence-corrected chi connectivity index (χ1v) is 9.02. The molecular weight excluding hydrogens is 391 g/mol. The Kier molecular flexibility index (Phi) is 5.54. The van der Waals surface area contributed by atoms with Crippen LogP contribution in [0.1, 0.15) is 36.9 Å². The monoisotopic (exact) mass is 411 g/mol. The van der Waals surface area contributed by atoms with Crippen LogP contribution in [0.5, 0.6) is 0 Å². The number of carbonyl (C=O) groups excluding carboxylic acids is 3. The zero-order valence-corrected chi connectivity index (χ0v) is 15.6. The van der Waals surface area contributed by atoms with E-state index in [1.807, 2.05) is 5.32 Å². The molecule has 1 aliphatic heterocycles. The molecule has 7 nitrogen and oxygen atoms in total. The molecule has 1 saturated heterocycles. The third kappa shape index (κ3) is 4.52. The highest BCUT2D eigenvalue weighted by atomic mass is 19.4. The van der Waals surface area contributed by atoms with Crippen molar-refractivity contribution in [3.63, 3.8) is 0 Å². The average Bonchev–Trinajstić information content (AvgIpc) is 3.17.